The average Bonchev–Trinajstić information content (AvgIpc) is 2.84. The van der Waals surface area contributed by atoms with Crippen LogP contribution in [0, 0.1) is 13.8 Å². The number of hydrogen-bond donors (Lipinski definition) is 1. The van der Waals surface area contributed by atoms with E-state index >= 15 is 0 Å². The molecule has 0 aliphatic carbocycles. The molecular weight excluding hydrogens is 510 g/mol. The molecule has 2 aromatic carbocycles. The monoisotopic (exact) mass is 549 g/mol. The SMILES string of the molecule is CCCCNC(=O)[C@H](CC)N(Cc1ccc(Cl)cc1)C(=O)CCCN(c1cccc(C)c1C)S(C)(=O)=O. The van der Waals surface area contributed by atoms with Crippen molar-refractivity contribution < 1.29 is 18.0 Å². The number of amides is 2. The van der Waals surface area contributed by atoms with E-state index in [0.717, 1.165) is 29.5 Å². The Hall–Kier alpha value is -2.58. The third kappa shape index (κ3) is 9.04. The molecule has 0 aliphatic heterocycles. The highest BCUT2D eigenvalue weighted by Crippen LogP contribution is 2.25. The van der Waals surface area contributed by atoms with Crippen molar-refractivity contribution in [3.8, 4) is 0 Å². The number of benzene rings is 2. The lowest BCUT2D eigenvalue weighted by Crippen LogP contribution is -2.49. The Morgan fingerprint density at radius 2 is 1.70 bits per heavy atom. The number of aryl methyl sites for hydroxylation is 1. The van der Waals surface area contributed by atoms with E-state index in [9.17, 15) is 18.0 Å². The van der Waals surface area contributed by atoms with Crippen molar-refractivity contribution >= 4 is 39.1 Å². The first kappa shape index (κ1) is 30.6. The topological polar surface area (TPSA) is 86.8 Å². The van der Waals surface area contributed by atoms with Crippen LogP contribution in [0.2, 0.25) is 5.02 Å². The molecular formula is C28H40ClN3O4S. The minimum Gasteiger partial charge on any atom is -0.354 e. The summed E-state index contributed by atoms with van der Waals surface area (Å²) in [6, 6.07) is 12.1. The molecule has 9 heteroatoms. The van der Waals surface area contributed by atoms with E-state index in [4.69, 9.17) is 11.6 Å². The number of halogens is 1. The zero-order valence-corrected chi connectivity index (χ0v) is 24.2. The van der Waals surface area contributed by atoms with Crippen LogP contribution in [0.25, 0.3) is 0 Å². The van der Waals surface area contributed by atoms with Gasteiger partial charge in [-0.05, 0) is 68.0 Å². The maximum Gasteiger partial charge on any atom is 0.242 e. The number of unbranched alkanes of at least 4 members (excludes halogenated alkanes) is 1. The van der Waals surface area contributed by atoms with Crippen molar-refractivity contribution in [1.29, 1.82) is 0 Å². The molecule has 0 aromatic heterocycles. The highest BCUT2D eigenvalue weighted by molar-refractivity contribution is 7.92. The van der Waals surface area contributed by atoms with Crippen LogP contribution in [0.1, 0.15) is 62.6 Å². The zero-order valence-electron chi connectivity index (χ0n) is 22.6. The summed E-state index contributed by atoms with van der Waals surface area (Å²) in [5, 5.41) is 3.55. The second-order valence-corrected chi connectivity index (χ2v) is 11.7. The van der Waals surface area contributed by atoms with E-state index in [-0.39, 0.29) is 31.3 Å². The number of nitrogens with zero attached hydrogens (tertiary/aromatic N) is 2. The Morgan fingerprint density at radius 1 is 1.03 bits per heavy atom. The van der Waals surface area contributed by atoms with Gasteiger partial charge in [-0.15, -0.1) is 0 Å². The minimum absolute atomic E-state index is 0.114. The summed E-state index contributed by atoms with van der Waals surface area (Å²) in [7, 11) is -3.54. The van der Waals surface area contributed by atoms with E-state index in [0.29, 0.717) is 30.1 Å². The fourth-order valence-electron chi connectivity index (χ4n) is 4.20. The van der Waals surface area contributed by atoms with Crippen LogP contribution in [-0.2, 0) is 26.2 Å². The molecule has 0 unspecified atom stereocenters. The molecule has 2 rings (SSSR count). The minimum atomic E-state index is -3.54. The van der Waals surface area contributed by atoms with Crippen LogP contribution in [0.4, 0.5) is 5.69 Å². The first-order valence-corrected chi connectivity index (χ1v) is 15.1. The molecule has 7 nitrogen and oxygen atoms in total. The first-order valence-electron chi connectivity index (χ1n) is 12.8. The van der Waals surface area contributed by atoms with E-state index in [2.05, 4.69) is 12.2 Å². The van der Waals surface area contributed by atoms with Gasteiger partial charge in [-0.2, -0.15) is 0 Å². The number of anilines is 1. The largest absolute Gasteiger partial charge is 0.354 e. The van der Waals surface area contributed by atoms with Crippen molar-refractivity contribution in [2.24, 2.45) is 0 Å². The van der Waals surface area contributed by atoms with Gasteiger partial charge in [0, 0.05) is 31.1 Å². The molecule has 0 saturated heterocycles. The maximum atomic E-state index is 13.5. The van der Waals surface area contributed by atoms with E-state index in [1.54, 1.807) is 23.1 Å². The van der Waals surface area contributed by atoms with Crippen LogP contribution in [0.3, 0.4) is 0 Å². The van der Waals surface area contributed by atoms with Gasteiger partial charge in [0.1, 0.15) is 6.04 Å². The standard InChI is InChI=1S/C28H40ClN3O4S/c1-6-8-18-30-28(34)25(7-2)31(20-23-14-16-24(29)17-15-23)27(33)13-10-19-32(37(5,35)36)26-12-9-11-21(3)22(26)4/h9,11-12,14-17,25H,6-8,10,13,18-20H2,1-5H3,(H,30,34)/t25-/m0/s1. The summed E-state index contributed by atoms with van der Waals surface area (Å²) >= 11 is 6.03. The van der Waals surface area contributed by atoms with Crippen molar-refractivity contribution in [3.05, 3.63) is 64.2 Å². The molecule has 1 atom stereocenters. The number of carbonyl (C=O) groups excluding carboxylic acids is 2. The fourth-order valence-corrected chi connectivity index (χ4v) is 5.34. The summed E-state index contributed by atoms with van der Waals surface area (Å²) < 4.78 is 26.6. The predicted octanol–water partition coefficient (Wildman–Crippen LogP) is 5.23. The van der Waals surface area contributed by atoms with Crippen molar-refractivity contribution in [1.82, 2.24) is 10.2 Å². The Bertz CT molecular complexity index is 1150. The maximum absolute atomic E-state index is 13.5. The third-order valence-corrected chi connectivity index (χ3v) is 7.91. The van der Waals surface area contributed by atoms with Gasteiger partial charge in [-0.1, -0.05) is 56.1 Å². The van der Waals surface area contributed by atoms with Crippen molar-refractivity contribution in [2.75, 3.05) is 23.7 Å². The normalized spacial score (nSPS) is 12.2. The number of nitrogens with one attached hydrogen (secondary N) is 1. The van der Waals surface area contributed by atoms with Crippen LogP contribution in [0.15, 0.2) is 42.5 Å². The lowest BCUT2D eigenvalue weighted by Gasteiger charge is -2.31. The van der Waals surface area contributed by atoms with Crippen LogP contribution in [0.5, 0.6) is 0 Å². The van der Waals surface area contributed by atoms with Crippen molar-refractivity contribution in [3.63, 3.8) is 0 Å². The molecule has 0 radical (unpaired) electrons. The fraction of sp³-hybridized carbons (Fsp3) is 0.500. The number of rotatable bonds is 14. The van der Waals surface area contributed by atoms with Crippen molar-refractivity contribution in [2.45, 2.75) is 72.4 Å². The summed E-state index contributed by atoms with van der Waals surface area (Å²) in [5.41, 5.74) is 3.37. The number of carbonyl (C=O) groups is 2. The Morgan fingerprint density at radius 3 is 2.30 bits per heavy atom. The summed E-state index contributed by atoms with van der Waals surface area (Å²) in [5.74, 6) is -0.367. The molecule has 37 heavy (non-hydrogen) atoms. The van der Waals surface area contributed by atoms with Gasteiger partial charge >= 0.3 is 0 Å². The summed E-state index contributed by atoms with van der Waals surface area (Å²) in [6.45, 7) is 8.77. The van der Waals surface area contributed by atoms with Gasteiger partial charge in [-0.25, -0.2) is 8.42 Å². The van der Waals surface area contributed by atoms with Gasteiger partial charge in [0.05, 0.1) is 11.9 Å². The molecule has 0 heterocycles. The van der Waals surface area contributed by atoms with Crippen LogP contribution < -0.4 is 9.62 Å². The smallest absolute Gasteiger partial charge is 0.242 e. The van der Waals surface area contributed by atoms with Crippen LogP contribution in [-0.4, -0.2) is 50.5 Å². The summed E-state index contributed by atoms with van der Waals surface area (Å²) in [4.78, 5) is 28.1. The second kappa shape index (κ2) is 14.4. The molecule has 2 amide bonds. The number of hydrogen-bond acceptors (Lipinski definition) is 4. The Balaban J connectivity index is 2.22. The average molecular weight is 550 g/mol. The van der Waals surface area contributed by atoms with E-state index in [1.165, 1.54) is 10.6 Å². The molecule has 0 bridgehead atoms. The first-order chi connectivity index (χ1) is 17.5. The lowest BCUT2D eigenvalue weighted by molar-refractivity contribution is -0.141. The summed E-state index contributed by atoms with van der Waals surface area (Å²) in [6.07, 6.45) is 3.91. The molecule has 0 spiro atoms. The van der Waals surface area contributed by atoms with Gasteiger partial charge < -0.3 is 10.2 Å². The van der Waals surface area contributed by atoms with Gasteiger partial charge in [0.2, 0.25) is 21.8 Å². The van der Waals surface area contributed by atoms with Crippen LogP contribution >= 0.6 is 11.6 Å². The highest BCUT2D eigenvalue weighted by atomic mass is 35.5. The predicted molar refractivity (Wildman–Crippen MR) is 151 cm³/mol. The van der Waals surface area contributed by atoms with E-state index < -0.39 is 16.1 Å². The molecule has 2 aromatic rings. The Kier molecular flexibility index (Phi) is 11.9. The van der Waals surface area contributed by atoms with Gasteiger partial charge in [0.15, 0.2) is 0 Å². The third-order valence-electron chi connectivity index (χ3n) is 6.48. The van der Waals surface area contributed by atoms with Gasteiger partial charge in [-0.3, -0.25) is 13.9 Å². The molecule has 0 aliphatic rings. The molecule has 1 N–H and O–H groups in total. The highest BCUT2D eigenvalue weighted by Gasteiger charge is 2.29. The number of sulfonamides is 1. The Labute approximate surface area is 227 Å². The molecule has 0 saturated carbocycles. The van der Waals surface area contributed by atoms with Gasteiger partial charge in [0.25, 0.3) is 0 Å². The molecule has 204 valence electrons. The lowest BCUT2D eigenvalue weighted by atomic mass is 10.1. The molecule has 0 fully saturated rings. The quantitative estimate of drug-likeness (QED) is 0.327. The zero-order chi connectivity index (χ0) is 27.6. The van der Waals surface area contributed by atoms with E-state index in [1.807, 2.05) is 45.0 Å². The second-order valence-electron chi connectivity index (χ2n) is 9.37.